The van der Waals surface area contributed by atoms with Gasteiger partial charge in [0.2, 0.25) is 0 Å². The van der Waals surface area contributed by atoms with Crippen LogP contribution in [0.2, 0.25) is 0 Å². The van der Waals surface area contributed by atoms with Crippen LogP contribution < -0.4 is 10.5 Å². The third kappa shape index (κ3) is 3.34. The zero-order chi connectivity index (χ0) is 12.1. The monoisotopic (exact) mass is 226 g/mol. The third-order valence-corrected chi connectivity index (χ3v) is 2.30. The highest BCUT2D eigenvalue weighted by molar-refractivity contribution is 5.79. The Morgan fingerprint density at radius 3 is 2.12 bits per heavy atom. The number of rotatable bonds is 4. The summed E-state index contributed by atoms with van der Waals surface area (Å²) >= 11 is 0. The number of hydrogen-bond donors (Lipinski definition) is 2. The molecule has 0 aliphatic heterocycles. The van der Waals surface area contributed by atoms with Crippen LogP contribution in [0.3, 0.4) is 0 Å². The van der Waals surface area contributed by atoms with Crippen LogP contribution in [0.25, 0.3) is 0 Å². The number of amidine groups is 1. The van der Waals surface area contributed by atoms with Gasteiger partial charge in [-0.15, -0.1) is 0 Å². The Morgan fingerprint density at radius 1 is 0.941 bits per heavy atom. The van der Waals surface area contributed by atoms with Crippen LogP contribution in [0.4, 0.5) is 0 Å². The number of ether oxygens (including phenoxy) is 1. The molecule has 0 radical (unpaired) electrons. The van der Waals surface area contributed by atoms with Crippen molar-refractivity contribution in [2.75, 3.05) is 0 Å². The van der Waals surface area contributed by atoms with Crippen molar-refractivity contribution in [2.24, 2.45) is 5.73 Å². The number of nitrogens with two attached hydrogens (primary N) is 1. The zero-order valence-electron chi connectivity index (χ0n) is 9.39. The van der Waals surface area contributed by atoms with Gasteiger partial charge in [-0.05, 0) is 29.8 Å². The van der Waals surface area contributed by atoms with E-state index in [2.05, 4.69) is 0 Å². The van der Waals surface area contributed by atoms with Crippen molar-refractivity contribution in [3.8, 4) is 11.5 Å². The van der Waals surface area contributed by atoms with E-state index in [0.29, 0.717) is 6.42 Å². The minimum Gasteiger partial charge on any atom is -0.457 e. The number of para-hydroxylation sites is 1. The highest BCUT2D eigenvalue weighted by Crippen LogP contribution is 2.21. The molecule has 0 heterocycles. The molecular formula is C14H14N2O. The van der Waals surface area contributed by atoms with Gasteiger partial charge in [0.15, 0.2) is 0 Å². The molecule has 0 aliphatic carbocycles. The van der Waals surface area contributed by atoms with E-state index in [0.717, 1.165) is 17.1 Å². The summed E-state index contributed by atoms with van der Waals surface area (Å²) in [7, 11) is 0. The fraction of sp³-hybridized carbons (Fsp3) is 0.0714. The summed E-state index contributed by atoms with van der Waals surface area (Å²) in [5, 5.41) is 7.21. The minimum atomic E-state index is 0.168. The molecule has 0 spiro atoms. The van der Waals surface area contributed by atoms with Crippen molar-refractivity contribution in [3.05, 3.63) is 60.2 Å². The van der Waals surface area contributed by atoms with Gasteiger partial charge >= 0.3 is 0 Å². The normalized spacial score (nSPS) is 9.88. The average Bonchev–Trinajstić information content (AvgIpc) is 2.32. The lowest BCUT2D eigenvalue weighted by atomic mass is 10.1. The maximum Gasteiger partial charge on any atom is 0.127 e. The predicted octanol–water partition coefficient (Wildman–Crippen LogP) is 2.96. The standard InChI is InChI=1S/C14H14N2O/c15-14(16)10-11-6-8-13(9-7-11)17-12-4-2-1-3-5-12/h1-9H,10H2,(H3,15,16). The van der Waals surface area contributed by atoms with Crippen molar-refractivity contribution >= 4 is 5.84 Å². The highest BCUT2D eigenvalue weighted by Gasteiger charge is 1.98. The van der Waals surface area contributed by atoms with E-state index in [4.69, 9.17) is 15.9 Å². The van der Waals surface area contributed by atoms with Crippen LogP contribution >= 0.6 is 0 Å². The van der Waals surface area contributed by atoms with E-state index in [1.165, 1.54) is 0 Å². The zero-order valence-corrected chi connectivity index (χ0v) is 9.39. The average molecular weight is 226 g/mol. The van der Waals surface area contributed by atoms with Crippen molar-refractivity contribution in [3.63, 3.8) is 0 Å². The molecule has 0 amide bonds. The molecule has 86 valence electrons. The minimum absolute atomic E-state index is 0.168. The third-order valence-electron chi connectivity index (χ3n) is 2.30. The van der Waals surface area contributed by atoms with Gasteiger partial charge in [-0.25, -0.2) is 0 Å². The Labute approximate surface area is 100 Å². The van der Waals surface area contributed by atoms with Gasteiger partial charge in [0.1, 0.15) is 11.5 Å². The van der Waals surface area contributed by atoms with Gasteiger partial charge in [-0.1, -0.05) is 30.3 Å². The lowest BCUT2D eigenvalue weighted by molar-refractivity contribution is 0.482. The Bertz CT molecular complexity index is 491. The molecule has 0 aliphatic rings. The molecule has 0 bridgehead atoms. The maximum absolute atomic E-state index is 7.21. The van der Waals surface area contributed by atoms with Crippen LogP contribution in [-0.2, 0) is 6.42 Å². The van der Waals surface area contributed by atoms with Crippen LogP contribution in [0.5, 0.6) is 11.5 Å². The first-order chi connectivity index (χ1) is 8.24. The topological polar surface area (TPSA) is 59.1 Å². The molecule has 3 N–H and O–H groups in total. The summed E-state index contributed by atoms with van der Waals surface area (Å²) < 4.78 is 5.65. The largest absolute Gasteiger partial charge is 0.457 e. The molecule has 2 aromatic carbocycles. The number of hydrogen-bond acceptors (Lipinski definition) is 2. The molecule has 3 nitrogen and oxygen atoms in total. The predicted molar refractivity (Wildman–Crippen MR) is 68.6 cm³/mol. The van der Waals surface area contributed by atoms with E-state index >= 15 is 0 Å². The van der Waals surface area contributed by atoms with E-state index in [9.17, 15) is 0 Å². The van der Waals surface area contributed by atoms with Gasteiger partial charge in [0.25, 0.3) is 0 Å². The number of nitrogens with one attached hydrogen (secondary N) is 1. The van der Waals surface area contributed by atoms with Gasteiger partial charge in [-0.2, -0.15) is 0 Å². The summed E-state index contributed by atoms with van der Waals surface area (Å²) in [5.41, 5.74) is 6.35. The second-order valence-electron chi connectivity index (χ2n) is 3.76. The number of benzene rings is 2. The SMILES string of the molecule is N=C(N)Cc1ccc(Oc2ccccc2)cc1. The van der Waals surface area contributed by atoms with Crippen LogP contribution in [-0.4, -0.2) is 5.84 Å². The molecule has 0 unspecified atom stereocenters. The Morgan fingerprint density at radius 2 is 1.53 bits per heavy atom. The Balaban J connectivity index is 2.06. The first-order valence-corrected chi connectivity index (χ1v) is 5.39. The van der Waals surface area contributed by atoms with Crippen molar-refractivity contribution in [1.82, 2.24) is 0 Å². The van der Waals surface area contributed by atoms with Crippen LogP contribution in [0.15, 0.2) is 54.6 Å². The van der Waals surface area contributed by atoms with Gasteiger partial charge in [0, 0.05) is 6.42 Å². The fourth-order valence-corrected chi connectivity index (χ4v) is 1.52. The molecule has 17 heavy (non-hydrogen) atoms. The molecule has 2 aromatic rings. The van der Waals surface area contributed by atoms with Crippen LogP contribution in [0.1, 0.15) is 5.56 Å². The molecule has 2 rings (SSSR count). The summed E-state index contributed by atoms with van der Waals surface area (Å²) in [6.07, 6.45) is 0.478. The van der Waals surface area contributed by atoms with E-state index < -0.39 is 0 Å². The summed E-state index contributed by atoms with van der Waals surface area (Å²) in [6.45, 7) is 0. The van der Waals surface area contributed by atoms with Crippen molar-refractivity contribution < 1.29 is 4.74 Å². The Kier molecular flexibility index (Phi) is 3.40. The summed E-state index contributed by atoms with van der Waals surface area (Å²) in [5.74, 6) is 1.76. The fourth-order valence-electron chi connectivity index (χ4n) is 1.52. The first-order valence-electron chi connectivity index (χ1n) is 5.39. The van der Waals surface area contributed by atoms with Gasteiger partial charge in [-0.3, -0.25) is 5.41 Å². The maximum atomic E-state index is 7.21. The second-order valence-corrected chi connectivity index (χ2v) is 3.76. The molecule has 0 saturated heterocycles. The smallest absolute Gasteiger partial charge is 0.127 e. The highest BCUT2D eigenvalue weighted by atomic mass is 16.5. The van der Waals surface area contributed by atoms with Crippen molar-refractivity contribution in [1.29, 1.82) is 5.41 Å². The molecular weight excluding hydrogens is 212 g/mol. The van der Waals surface area contributed by atoms with E-state index in [1.54, 1.807) is 0 Å². The van der Waals surface area contributed by atoms with E-state index in [-0.39, 0.29) is 5.84 Å². The second kappa shape index (κ2) is 5.16. The Hall–Kier alpha value is -2.29. The summed E-state index contributed by atoms with van der Waals surface area (Å²) in [4.78, 5) is 0. The molecule has 0 aromatic heterocycles. The van der Waals surface area contributed by atoms with Crippen LogP contribution in [0, 0.1) is 5.41 Å². The van der Waals surface area contributed by atoms with Gasteiger partial charge in [0.05, 0.1) is 5.84 Å². The van der Waals surface area contributed by atoms with Crippen molar-refractivity contribution in [2.45, 2.75) is 6.42 Å². The molecule has 0 saturated carbocycles. The lowest BCUT2D eigenvalue weighted by Crippen LogP contribution is -2.12. The first kappa shape index (κ1) is 11.2. The molecule has 3 heteroatoms. The van der Waals surface area contributed by atoms with Gasteiger partial charge < -0.3 is 10.5 Å². The molecule has 0 fully saturated rings. The lowest BCUT2D eigenvalue weighted by Gasteiger charge is -2.06. The summed E-state index contributed by atoms with van der Waals surface area (Å²) in [6, 6.07) is 17.2. The quantitative estimate of drug-likeness (QED) is 0.622. The molecule has 0 atom stereocenters. The van der Waals surface area contributed by atoms with E-state index in [1.807, 2.05) is 54.6 Å².